The Morgan fingerprint density at radius 1 is 1.41 bits per heavy atom. The van der Waals surface area contributed by atoms with Gasteiger partial charge in [0.25, 0.3) is 5.91 Å². The van der Waals surface area contributed by atoms with Crippen molar-refractivity contribution in [2.24, 2.45) is 5.92 Å². The quantitative estimate of drug-likeness (QED) is 0.795. The van der Waals surface area contributed by atoms with Gasteiger partial charge in [0.1, 0.15) is 5.82 Å². The SMILES string of the molecule is CCCc1nc(C(=O)NC(C)C(C)CC)n[nH]1. The molecule has 0 saturated carbocycles. The summed E-state index contributed by atoms with van der Waals surface area (Å²) in [6, 6.07) is 0.139. The van der Waals surface area contributed by atoms with E-state index in [1.807, 2.05) is 6.92 Å². The van der Waals surface area contributed by atoms with E-state index < -0.39 is 0 Å². The van der Waals surface area contributed by atoms with Crippen LogP contribution in [-0.2, 0) is 6.42 Å². The molecule has 96 valence electrons. The highest BCUT2D eigenvalue weighted by Crippen LogP contribution is 2.07. The van der Waals surface area contributed by atoms with Crippen LogP contribution in [0.5, 0.6) is 0 Å². The summed E-state index contributed by atoms with van der Waals surface area (Å²) < 4.78 is 0. The molecule has 0 aliphatic carbocycles. The van der Waals surface area contributed by atoms with Gasteiger partial charge in [0, 0.05) is 12.5 Å². The standard InChI is InChI=1S/C12H22N4O/c1-5-7-10-14-11(16-15-10)12(17)13-9(4)8(3)6-2/h8-9H,5-7H2,1-4H3,(H,13,17)(H,14,15,16). The van der Waals surface area contributed by atoms with Gasteiger partial charge in [0.2, 0.25) is 5.82 Å². The molecular formula is C12H22N4O. The number of aryl methyl sites for hydroxylation is 1. The zero-order valence-corrected chi connectivity index (χ0v) is 11.1. The van der Waals surface area contributed by atoms with Crippen molar-refractivity contribution in [3.63, 3.8) is 0 Å². The highest BCUT2D eigenvalue weighted by atomic mass is 16.2. The molecule has 0 aliphatic rings. The van der Waals surface area contributed by atoms with Gasteiger partial charge >= 0.3 is 0 Å². The highest BCUT2D eigenvalue weighted by Gasteiger charge is 2.17. The lowest BCUT2D eigenvalue weighted by Gasteiger charge is -2.18. The summed E-state index contributed by atoms with van der Waals surface area (Å²) in [4.78, 5) is 16.0. The predicted octanol–water partition coefficient (Wildman–Crippen LogP) is 1.92. The number of amides is 1. The van der Waals surface area contributed by atoms with Gasteiger partial charge < -0.3 is 5.32 Å². The maximum Gasteiger partial charge on any atom is 0.291 e. The van der Waals surface area contributed by atoms with Crippen LogP contribution in [0.15, 0.2) is 0 Å². The number of hydrogen-bond donors (Lipinski definition) is 2. The molecule has 2 atom stereocenters. The van der Waals surface area contributed by atoms with Crippen molar-refractivity contribution in [1.29, 1.82) is 0 Å². The molecule has 1 amide bonds. The number of rotatable bonds is 6. The summed E-state index contributed by atoms with van der Waals surface area (Å²) in [6.45, 7) is 8.30. The Balaban J connectivity index is 2.57. The molecule has 0 aromatic carbocycles. The number of nitrogens with one attached hydrogen (secondary N) is 2. The minimum Gasteiger partial charge on any atom is -0.347 e. The average molecular weight is 238 g/mol. The third-order valence-corrected chi connectivity index (χ3v) is 3.08. The predicted molar refractivity (Wildman–Crippen MR) is 66.8 cm³/mol. The van der Waals surface area contributed by atoms with Crippen molar-refractivity contribution < 1.29 is 4.79 Å². The molecule has 0 saturated heterocycles. The third-order valence-electron chi connectivity index (χ3n) is 3.08. The summed E-state index contributed by atoms with van der Waals surface area (Å²) in [7, 11) is 0. The number of hydrogen-bond acceptors (Lipinski definition) is 3. The molecule has 5 nitrogen and oxygen atoms in total. The Kier molecular flexibility index (Phi) is 5.12. The summed E-state index contributed by atoms with van der Waals surface area (Å²) in [5.41, 5.74) is 0. The van der Waals surface area contributed by atoms with E-state index in [1.165, 1.54) is 0 Å². The van der Waals surface area contributed by atoms with Crippen LogP contribution in [0, 0.1) is 5.92 Å². The first-order valence-corrected chi connectivity index (χ1v) is 6.30. The summed E-state index contributed by atoms with van der Waals surface area (Å²) in [5.74, 6) is 1.27. The molecule has 1 heterocycles. The molecule has 1 aromatic heterocycles. The van der Waals surface area contributed by atoms with Crippen molar-refractivity contribution in [2.45, 2.75) is 53.0 Å². The number of aromatic amines is 1. The molecule has 17 heavy (non-hydrogen) atoms. The molecule has 5 heteroatoms. The fraction of sp³-hybridized carbons (Fsp3) is 0.750. The number of nitrogens with zero attached hydrogens (tertiary/aromatic N) is 2. The Labute approximate surface area is 102 Å². The van der Waals surface area contributed by atoms with Crippen LogP contribution in [0.2, 0.25) is 0 Å². The number of aromatic nitrogens is 3. The maximum atomic E-state index is 11.8. The lowest BCUT2D eigenvalue weighted by Crippen LogP contribution is -2.37. The molecule has 1 aromatic rings. The number of carbonyl (C=O) groups excluding carboxylic acids is 1. The second-order valence-corrected chi connectivity index (χ2v) is 4.50. The summed E-state index contributed by atoms with van der Waals surface area (Å²) >= 11 is 0. The van der Waals surface area contributed by atoms with Gasteiger partial charge in [-0.3, -0.25) is 9.89 Å². The molecule has 0 aliphatic heterocycles. The molecular weight excluding hydrogens is 216 g/mol. The van der Waals surface area contributed by atoms with Gasteiger partial charge in [-0.2, -0.15) is 0 Å². The molecule has 0 radical (unpaired) electrons. The third kappa shape index (κ3) is 3.84. The van der Waals surface area contributed by atoms with E-state index >= 15 is 0 Å². The normalized spacial score (nSPS) is 14.4. The topological polar surface area (TPSA) is 70.7 Å². The second-order valence-electron chi connectivity index (χ2n) is 4.50. The van der Waals surface area contributed by atoms with Crippen LogP contribution in [0.3, 0.4) is 0 Å². The molecule has 2 unspecified atom stereocenters. The Bertz CT molecular complexity index is 361. The van der Waals surface area contributed by atoms with Crippen molar-refractivity contribution in [1.82, 2.24) is 20.5 Å². The number of H-pyrrole nitrogens is 1. The zero-order chi connectivity index (χ0) is 12.8. The van der Waals surface area contributed by atoms with E-state index in [0.29, 0.717) is 5.92 Å². The zero-order valence-electron chi connectivity index (χ0n) is 11.1. The fourth-order valence-corrected chi connectivity index (χ4v) is 1.51. The summed E-state index contributed by atoms with van der Waals surface area (Å²) in [6.07, 6.45) is 2.84. The van der Waals surface area contributed by atoms with Crippen LogP contribution < -0.4 is 5.32 Å². The monoisotopic (exact) mass is 238 g/mol. The molecule has 2 N–H and O–H groups in total. The van der Waals surface area contributed by atoms with Gasteiger partial charge in [-0.15, -0.1) is 5.10 Å². The minimum absolute atomic E-state index is 0.139. The van der Waals surface area contributed by atoms with Gasteiger partial charge in [-0.05, 0) is 19.3 Å². The van der Waals surface area contributed by atoms with Crippen LogP contribution in [0.25, 0.3) is 0 Å². The lowest BCUT2D eigenvalue weighted by molar-refractivity contribution is 0.0918. The van der Waals surface area contributed by atoms with E-state index in [2.05, 4.69) is 41.3 Å². The number of carbonyl (C=O) groups is 1. The van der Waals surface area contributed by atoms with Gasteiger partial charge in [0.15, 0.2) is 0 Å². The Hall–Kier alpha value is -1.39. The Morgan fingerprint density at radius 2 is 2.12 bits per heavy atom. The summed E-state index contributed by atoms with van der Waals surface area (Å²) in [5, 5.41) is 9.63. The first-order valence-electron chi connectivity index (χ1n) is 6.30. The van der Waals surface area contributed by atoms with Crippen molar-refractivity contribution in [3.05, 3.63) is 11.6 Å². The average Bonchev–Trinajstić information content (AvgIpc) is 2.77. The van der Waals surface area contributed by atoms with Crippen LogP contribution in [0.4, 0.5) is 0 Å². The Morgan fingerprint density at radius 3 is 2.71 bits per heavy atom. The molecule has 0 spiro atoms. The minimum atomic E-state index is -0.198. The van der Waals surface area contributed by atoms with Crippen LogP contribution in [0.1, 0.15) is 57.0 Å². The highest BCUT2D eigenvalue weighted by molar-refractivity contribution is 5.90. The fourth-order valence-electron chi connectivity index (χ4n) is 1.51. The van der Waals surface area contributed by atoms with Gasteiger partial charge in [-0.1, -0.05) is 27.2 Å². The first kappa shape index (κ1) is 13.7. The smallest absolute Gasteiger partial charge is 0.291 e. The van der Waals surface area contributed by atoms with Crippen molar-refractivity contribution in [2.75, 3.05) is 0 Å². The van der Waals surface area contributed by atoms with Crippen LogP contribution in [-0.4, -0.2) is 27.1 Å². The van der Waals surface area contributed by atoms with Gasteiger partial charge in [0.05, 0.1) is 0 Å². The van der Waals surface area contributed by atoms with E-state index in [0.717, 1.165) is 25.1 Å². The lowest BCUT2D eigenvalue weighted by atomic mass is 10.0. The first-order chi connectivity index (χ1) is 8.08. The van der Waals surface area contributed by atoms with E-state index in [4.69, 9.17) is 0 Å². The van der Waals surface area contributed by atoms with Gasteiger partial charge in [-0.25, -0.2) is 4.98 Å². The second kappa shape index (κ2) is 6.37. The van der Waals surface area contributed by atoms with E-state index in [-0.39, 0.29) is 17.8 Å². The van der Waals surface area contributed by atoms with Crippen LogP contribution >= 0.6 is 0 Å². The molecule has 1 rings (SSSR count). The van der Waals surface area contributed by atoms with Crippen molar-refractivity contribution >= 4 is 5.91 Å². The van der Waals surface area contributed by atoms with E-state index in [9.17, 15) is 4.79 Å². The van der Waals surface area contributed by atoms with Crippen molar-refractivity contribution in [3.8, 4) is 0 Å². The molecule has 0 bridgehead atoms. The largest absolute Gasteiger partial charge is 0.347 e. The molecule has 0 fully saturated rings. The maximum absolute atomic E-state index is 11.8. The van der Waals surface area contributed by atoms with E-state index in [1.54, 1.807) is 0 Å².